The summed E-state index contributed by atoms with van der Waals surface area (Å²) >= 11 is 3.46. The van der Waals surface area contributed by atoms with Gasteiger partial charge in [-0.3, -0.25) is 4.84 Å². The maximum atomic E-state index is 5.74. The minimum Gasteiger partial charge on any atom is -0.493 e. The molecule has 1 aliphatic carbocycles. The zero-order chi connectivity index (χ0) is 12.3. The van der Waals surface area contributed by atoms with E-state index in [1.165, 1.54) is 12.8 Å². The molecule has 0 unspecified atom stereocenters. The Kier molecular flexibility index (Phi) is 4.25. The Balaban J connectivity index is 2.14. The Hall–Kier alpha value is -0.780. The molecule has 1 saturated carbocycles. The van der Waals surface area contributed by atoms with Crippen LogP contribution >= 0.6 is 15.9 Å². The van der Waals surface area contributed by atoms with Crippen LogP contribution < -0.4 is 15.4 Å². The minimum absolute atomic E-state index is 0.333. The van der Waals surface area contributed by atoms with Crippen LogP contribution in [-0.2, 0) is 11.4 Å². The van der Waals surface area contributed by atoms with Crippen molar-refractivity contribution in [1.29, 1.82) is 0 Å². The first-order valence-electron chi connectivity index (χ1n) is 5.55. The van der Waals surface area contributed by atoms with E-state index in [1.54, 1.807) is 7.11 Å². The molecule has 2 N–H and O–H groups in total. The van der Waals surface area contributed by atoms with Crippen LogP contribution in [0.4, 0.5) is 0 Å². The van der Waals surface area contributed by atoms with Gasteiger partial charge in [-0.05, 0) is 36.5 Å². The summed E-state index contributed by atoms with van der Waals surface area (Å²) in [5.74, 6) is 7.25. The minimum atomic E-state index is 0.333. The lowest BCUT2D eigenvalue weighted by atomic mass is 10.2. The standard InChI is InChI=1S/C12H16BrNO3/c1-15-11-4-9(7-17-14)10(13)5-12(11)16-6-8-2-3-8/h4-5,8H,2-3,6-7,14H2,1H3. The topological polar surface area (TPSA) is 53.7 Å². The molecule has 5 heteroatoms. The number of benzene rings is 1. The average Bonchev–Trinajstić information content (AvgIpc) is 3.13. The van der Waals surface area contributed by atoms with E-state index in [1.807, 2.05) is 12.1 Å². The van der Waals surface area contributed by atoms with Gasteiger partial charge in [0.2, 0.25) is 0 Å². The van der Waals surface area contributed by atoms with Crippen LogP contribution in [-0.4, -0.2) is 13.7 Å². The molecule has 0 aliphatic heterocycles. The molecule has 0 radical (unpaired) electrons. The van der Waals surface area contributed by atoms with E-state index in [0.717, 1.165) is 22.4 Å². The molecule has 0 bridgehead atoms. The lowest BCUT2D eigenvalue weighted by molar-refractivity contribution is 0.123. The number of halogens is 1. The first-order valence-corrected chi connectivity index (χ1v) is 6.34. The molecule has 0 saturated heterocycles. The predicted octanol–water partition coefficient (Wildman–Crippen LogP) is 2.64. The summed E-state index contributed by atoms with van der Waals surface area (Å²) in [6.45, 7) is 1.09. The third-order valence-electron chi connectivity index (χ3n) is 2.74. The van der Waals surface area contributed by atoms with Crippen LogP contribution in [0.1, 0.15) is 18.4 Å². The summed E-state index contributed by atoms with van der Waals surface area (Å²) in [4.78, 5) is 4.63. The summed E-state index contributed by atoms with van der Waals surface area (Å²) in [6.07, 6.45) is 2.53. The molecule has 0 aromatic heterocycles. The van der Waals surface area contributed by atoms with Crippen molar-refractivity contribution >= 4 is 15.9 Å². The Morgan fingerprint density at radius 3 is 2.71 bits per heavy atom. The van der Waals surface area contributed by atoms with Crippen molar-refractivity contribution in [2.24, 2.45) is 11.8 Å². The maximum Gasteiger partial charge on any atom is 0.162 e. The number of nitrogens with two attached hydrogens (primary N) is 1. The highest BCUT2D eigenvalue weighted by Gasteiger charge is 2.22. The van der Waals surface area contributed by atoms with Gasteiger partial charge in [0, 0.05) is 4.47 Å². The second-order valence-electron chi connectivity index (χ2n) is 4.16. The maximum absolute atomic E-state index is 5.74. The number of ether oxygens (including phenoxy) is 2. The van der Waals surface area contributed by atoms with E-state index in [4.69, 9.17) is 15.4 Å². The van der Waals surface area contributed by atoms with Crippen molar-refractivity contribution in [2.75, 3.05) is 13.7 Å². The SMILES string of the molecule is COc1cc(CON)c(Br)cc1OCC1CC1. The van der Waals surface area contributed by atoms with E-state index in [-0.39, 0.29) is 0 Å². The average molecular weight is 302 g/mol. The van der Waals surface area contributed by atoms with Gasteiger partial charge in [-0.2, -0.15) is 0 Å². The predicted molar refractivity (Wildman–Crippen MR) is 67.9 cm³/mol. The van der Waals surface area contributed by atoms with Gasteiger partial charge in [-0.15, -0.1) is 0 Å². The molecule has 1 fully saturated rings. The van der Waals surface area contributed by atoms with E-state index in [0.29, 0.717) is 18.3 Å². The normalized spacial score (nSPS) is 14.8. The summed E-state index contributed by atoms with van der Waals surface area (Å²) in [7, 11) is 1.63. The lowest BCUT2D eigenvalue weighted by Gasteiger charge is -2.13. The van der Waals surface area contributed by atoms with Crippen molar-refractivity contribution in [3.05, 3.63) is 22.2 Å². The van der Waals surface area contributed by atoms with Crippen LogP contribution in [0.25, 0.3) is 0 Å². The number of methoxy groups -OCH3 is 1. The molecule has 2 rings (SSSR count). The van der Waals surface area contributed by atoms with Gasteiger partial charge in [0.15, 0.2) is 11.5 Å². The molecular formula is C12H16BrNO3. The fraction of sp³-hybridized carbons (Fsp3) is 0.500. The van der Waals surface area contributed by atoms with Gasteiger partial charge in [0.05, 0.1) is 20.3 Å². The van der Waals surface area contributed by atoms with E-state index in [2.05, 4.69) is 20.8 Å². The van der Waals surface area contributed by atoms with Gasteiger partial charge in [0.25, 0.3) is 0 Å². The van der Waals surface area contributed by atoms with E-state index < -0.39 is 0 Å². The van der Waals surface area contributed by atoms with Crippen molar-refractivity contribution in [2.45, 2.75) is 19.4 Å². The molecule has 1 aromatic carbocycles. The van der Waals surface area contributed by atoms with Crippen molar-refractivity contribution in [1.82, 2.24) is 0 Å². The molecule has 1 aliphatic rings. The molecule has 17 heavy (non-hydrogen) atoms. The fourth-order valence-corrected chi connectivity index (χ4v) is 1.98. The first kappa shape index (κ1) is 12.7. The van der Waals surface area contributed by atoms with Gasteiger partial charge < -0.3 is 9.47 Å². The highest BCUT2D eigenvalue weighted by Crippen LogP contribution is 2.36. The molecule has 4 nitrogen and oxygen atoms in total. The van der Waals surface area contributed by atoms with Crippen molar-refractivity contribution in [3.63, 3.8) is 0 Å². The molecule has 0 amide bonds. The van der Waals surface area contributed by atoms with E-state index in [9.17, 15) is 0 Å². The smallest absolute Gasteiger partial charge is 0.162 e. The third-order valence-corrected chi connectivity index (χ3v) is 3.48. The quantitative estimate of drug-likeness (QED) is 0.821. The van der Waals surface area contributed by atoms with Crippen LogP contribution in [0.2, 0.25) is 0 Å². The third kappa shape index (κ3) is 3.34. The molecule has 1 aromatic rings. The van der Waals surface area contributed by atoms with Crippen LogP contribution in [0.5, 0.6) is 11.5 Å². The number of rotatable bonds is 6. The zero-order valence-corrected chi connectivity index (χ0v) is 11.3. The summed E-state index contributed by atoms with van der Waals surface area (Å²) < 4.78 is 11.9. The van der Waals surface area contributed by atoms with E-state index >= 15 is 0 Å². The Morgan fingerprint density at radius 1 is 1.35 bits per heavy atom. The second kappa shape index (κ2) is 5.71. The van der Waals surface area contributed by atoms with Crippen molar-refractivity contribution < 1.29 is 14.3 Å². The molecule has 0 atom stereocenters. The first-order chi connectivity index (χ1) is 8.24. The lowest BCUT2D eigenvalue weighted by Crippen LogP contribution is -2.03. The Morgan fingerprint density at radius 2 is 2.12 bits per heavy atom. The summed E-state index contributed by atoms with van der Waals surface area (Å²) in [6, 6.07) is 3.77. The number of hydrogen-bond acceptors (Lipinski definition) is 4. The summed E-state index contributed by atoms with van der Waals surface area (Å²) in [5.41, 5.74) is 0.933. The molecule has 0 spiro atoms. The molecular weight excluding hydrogens is 286 g/mol. The Labute approximate surface area is 109 Å². The largest absolute Gasteiger partial charge is 0.493 e. The van der Waals surface area contributed by atoms with Crippen LogP contribution in [0, 0.1) is 5.92 Å². The summed E-state index contributed by atoms with van der Waals surface area (Å²) in [5, 5.41) is 0. The monoisotopic (exact) mass is 301 g/mol. The highest BCUT2D eigenvalue weighted by atomic mass is 79.9. The van der Waals surface area contributed by atoms with Crippen LogP contribution in [0.15, 0.2) is 16.6 Å². The number of hydrogen-bond donors (Lipinski definition) is 1. The van der Waals surface area contributed by atoms with Gasteiger partial charge in [-0.25, -0.2) is 5.90 Å². The van der Waals surface area contributed by atoms with Crippen LogP contribution in [0.3, 0.4) is 0 Å². The second-order valence-corrected chi connectivity index (χ2v) is 5.01. The van der Waals surface area contributed by atoms with Gasteiger partial charge >= 0.3 is 0 Å². The molecule has 0 heterocycles. The fourth-order valence-electron chi connectivity index (χ4n) is 1.54. The van der Waals surface area contributed by atoms with Gasteiger partial charge in [0.1, 0.15) is 0 Å². The highest BCUT2D eigenvalue weighted by molar-refractivity contribution is 9.10. The molecule has 94 valence electrons. The van der Waals surface area contributed by atoms with Gasteiger partial charge in [-0.1, -0.05) is 15.9 Å². The zero-order valence-electron chi connectivity index (χ0n) is 9.74. The Bertz CT molecular complexity index is 394. The van der Waals surface area contributed by atoms with Crippen molar-refractivity contribution in [3.8, 4) is 11.5 Å².